The van der Waals surface area contributed by atoms with Gasteiger partial charge in [-0.2, -0.15) is 0 Å². The predicted octanol–water partition coefficient (Wildman–Crippen LogP) is -0.552. The SMILES string of the molecule is C=C(C)C(=O)NC(CNC)(NC)NC.F.F.F. The van der Waals surface area contributed by atoms with Crippen LogP contribution in [0.2, 0.25) is 0 Å². The molecule has 0 bridgehead atoms. The largest absolute Gasteiger partial charge is 0.321 e. The fourth-order valence-corrected chi connectivity index (χ4v) is 1.04. The Morgan fingerprint density at radius 3 is 1.76 bits per heavy atom. The zero-order chi connectivity index (χ0) is 11.2. The number of rotatable bonds is 6. The van der Waals surface area contributed by atoms with Crippen molar-refractivity contribution in [1.82, 2.24) is 21.3 Å². The molecule has 0 aliphatic carbocycles. The summed E-state index contributed by atoms with van der Waals surface area (Å²) in [5, 5.41) is 11.8. The Bertz CT molecular complexity index is 222. The van der Waals surface area contributed by atoms with Crippen LogP contribution in [0.15, 0.2) is 12.2 Å². The van der Waals surface area contributed by atoms with Gasteiger partial charge in [-0.3, -0.25) is 29.5 Å². The van der Waals surface area contributed by atoms with Gasteiger partial charge in [0, 0.05) is 12.1 Å². The summed E-state index contributed by atoms with van der Waals surface area (Å²) < 4.78 is 0. The van der Waals surface area contributed by atoms with E-state index in [1.54, 1.807) is 21.0 Å². The molecule has 5 nitrogen and oxygen atoms in total. The summed E-state index contributed by atoms with van der Waals surface area (Å²) in [6.45, 7) is 5.82. The lowest BCUT2D eigenvalue weighted by Crippen LogP contribution is -2.70. The first-order valence-electron chi connectivity index (χ1n) is 4.51. The molecular weight excluding hydrogens is 237 g/mol. The molecule has 0 rings (SSSR count). The summed E-state index contributed by atoms with van der Waals surface area (Å²) in [6.07, 6.45) is 0. The first kappa shape index (κ1) is 24.9. The van der Waals surface area contributed by atoms with Crippen LogP contribution in [0.4, 0.5) is 14.1 Å². The van der Waals surface area contributed by atoms with Crippen LogP contribution in [0.1, 0.15) is 6.92 Å². The average molecular weight is 260 g/mol. The van der Waals surface area contributed by atoms with Gasteiger partial charge in [0.1, 0.15) is 0 Å². The molecular formula is C9H23F3N4O. The lowest BCUT2D eigenvalue weighted by Gasteiger charge is -2.34. The second-order valence-corrected chi connectivity index (χ2v) is 3.17. The van der Waals surface area contributed by atoms with Crippen molar-refractivity contribution in [2.45, 2.75) is 12.7 Å². The third-order valence-corrected chi connectivity index (χ3v) is 2.01. The van der Waals surface area contributed by atoms with Crippen LogP contribution in [-0.2, 0) is 4.79 Å². The predicted molar refractivity (Wildman–Crippen MR) is 65.2 cm³/mol. The molecule has 8 heteroatoms. The van der Waals surface area contributed by atoms with Gasteiger partial charge in [0.15, 0.2) is 5.79 Å². The van der Waals surface area contributed by atoms with E-state index in [0.29, 0.717) is 12.1 Å². The van der Waals surface area contributed by atoms with E-state index in [1.165, 1.54) is 0 Å². The monoisotopic (exact) mass is 260 g/mol. The zero-order valence-corrected chi connectivity index (χ0v) is 10.5. The highest BCUT2D eigenvalue weighted by atomic mass is 19.0. The molecule has 0 aliphatic heterocycles. The van der Waals surface area contributed by atoms with Crippen molar-refractivity contribution in [2.24, 2.45) is 0 Å². The van der Waals surface area contributed by atoms with E-state index in [2.05, 4.69) is 27.8 Å². The molecule has 0 aromatic rings. The van der Waals surface area contributed by atoms with Gasteiger partial charge < -0.3 is 10.6 Å². The number of hydrogen-bond acceptors (Lipinski definition) is 4. The molecule has 0 aliphatic rings. The Morgan fingerprint density at radius 1 is 1.12 bits per heavy atom. The van der Waals surface area contributed by atoms with Crippen LogP contribution >= 0.6 is 0 Å². The maximum atomic E-state index is 11.4. The minimum absolute atomic E-state index is 0. The van der Waals surface area contributed by atoms with Crippen molar-refractivity contribution in [2.75, 3.05) is 27.7 Å². The normalized spacial score (nSPS) is 9.18. The van der Waals surface area contributed by atoms with E-state index in [-0.39, 0.29) is 20.0 Å². The van der Waals surface area contributed by atoms with Gasteiger partial charge in [0.25, 0.3) is 0 Å². The third-order valence-electron chi connectivity index (χ3n) is 2.01. The Balaban J connectivity index is -0.000000282. The number of hydrogen-bond donors (Lipinski definition) is 4. The second-order valence-electron chi connectivity index (χ2n) is 3.17. The molecule has 0 saturated carbocycles. The van der Waals surface area contributed by atoms with Gasteiger partial charge in [0.05, 0.1) is 0 Å². The Morgan fingerprint density at radius 2 is 1.53 bits per heavy atom. The van der Waals surface area contributed by atoms with E-state index in [0.717, 1.165) is 0 Å². The molecule has 0 aromatic carbocycles. The van der Waals surface area contributed by atoms with Gasteiger partial charge in [-0.25, -0.2) is 0 Å². The third kappa shape index (κ3) is 7.72. The average Bonchev–Trinajstić information content (AvgIpc) is 2.16. The molecule has 17 heavy (non-hydrogen) atoms. The van der Waals surface area contributed by atoms with Gasteiger partial charge >= 0.3 is 0 Å². The molecule has 0 radical (unpaired) electrons. The lowest BCUT2D eigenvalue weighted by atomic mass is 10.2. The molecule has 4 N–H and O–H groups in total. The number of nitrogens with one attached hydrogen (secondary N) is 4. The van der Waals surface area contributed by atoms with Crippen molar-refractivity contribution in [3.63, 3.8) is 0 Å². The fourth-order valence-electron chi connectivity index (χ4n) is 1.04. The molecule has 106 valence electrons. The van der Waals surface area contributed by atoms with E-state index >= 15 is 0 Å². The minimum Gasteiger partial charge on any atom is -0.321 e. The van der Waals surface area contributed by atoms with Crippen LogP contribution in [0.3, 0.4) is 0 Å². The highest BCUT2D eigenvalue weighted by Gasteiger charge is 2.26. The number of carbonyl (C=O) groups excluding carboxylic acids is 1. The maximum absolute atomic E-state index is 11.4. The van der Waals surface area contributed by atoms with Crippen LogP contribution in [0.5, 0.6) is 0 Å². The molecule has 0 heterocycles. The van der Waals surface area contributed by atoms with Crippen molar-refractivity contribution in [3.8, 4) is 0 Å². The van der Waals surface area contributed by atoms with Crippen LogP contribution in [-0.4, -0.2) is 39.4 Å². The summed E-state index contributed by atoms with van der Waals surface area (Å²) in [4.78, 5) is 11.4. The van der Waals surface area contributed by atoms with Crippen LogP contribution in [0.25, 0.3) is 0 Å². The second kappa shape index (κ2) is 11.4. The Kier molecular flexibility index (Phi) is 16.7. The van der Waals surface area contributed by atoms with Gasteiger partial charge in [-0.1, -0.05) is 6.58 Å². The zero-order valence-electron chi connectivity index (χ0n) is 10.5. The summed E-state index contributed by atoms with van der Waals surface area (Å²) in [5.74, 6) is -0.811. The van der Waals surface area contributed by atoms with E-state index < -0.39 is 5.79 Å². The molecule has 0 atom stereocenters. The van der Waals surface area contributed by atoms with Crippen molar-refractivity contribution in [3.05, 3.63) is 12.2 Å². The fraction of sp³-hybridized carbons (Fsp3) is 0.667. The topological polar surface area (TPSA) is 65.2 Å². The minimum atomic E-state index is -0.634. The summed E-state index contributed by atoms with van der Waals surface area (Å²) >= 11 is 0. The van der Waals surface area contributed by atoms with E-state index in [1.807, 2.05) is 7.05 Å². The maximum Gasteiger partial charge on any atom is 0.248 e. The smallest absolute Gasteiger partial charge is 0.248 e. The van der Waals surface area contributed by atoms with Crippen LogP contribution in [0, 0.1) is 0 Å². The number of carbonyl (C=O) groups is 1. The van der Waals surface area contributed by atoms with Crippen molar-refractivity contribution >= 4 is 5.91 Å². The van der Waals surface area contributed by atoms with Gasteiger partial charge in [-0.15, -0.1) is 0 Å². The van der Waals surface area contributed by atoms with Crippen molar-refractivity contribution in [1.29, 1.82) is 0 Å². The first-order chi connectivity index (χ1) is 6.51. The van der Waals surface area contributed by atoms with E-state index in [9.17, 15) is 4.79 Å². The Hall–Kier alpha value is -1.12. The quantitative estimate of drug-likeness (QED) is 0.382. The molecule has 1 amide bonds. The number of amides is 1. The number of halogens is 3. The highest BCUT2D eigenvalue weighted by molar-refractivity contribution is 5.92. The molecule has 0 spiro atoms. The van der Waals surface area contributed by atoms with Crippen molar-refractivity contribution < 1.29 is 18.9 Å². The molecule has 0 unspecified atom stereocenters. The summed E-state index contributed by atoms with van der Waals surface area (Å²) in [5.41, 5.74) is 0.482. The molecule has 0 fully saturated rings. The molecule has 0 saturated heterocycles. The first-order valence-corrected chi connectivity index (χ1v) is 4.51. The summed E-state index contributed by atoms with van der Waals surface area (Å²) in [7, 11) is 5.36. The summed E-state index contributed by atoms with van der Waals surface area (Å²) in [6, 6.07) is 0. The van der Waals surface area contributed by atoms with E-state index in [4.69, 9.17) is 0 Å². The highest BCUT2D eigenvalue weighted by Crippen LogP contribution is 1.95. The van der Waals surface area contributed by atoms with Gasteiger partial charge in [0.2, 0.25) is 5.91 Å². The Labute approximate surface area is 99.5 Å². The van der Waals surface area contributed by atoms with Gasteiger partial charge in [-0.05, 0) is 28.1 Å². The standard InChI is InChI=1S/C9H20N4O.3FH/c1-7(2)8(14)13-9(11-4,12-5)6-10-3;;;/h10-12H,1,6H2,2-5H3,(H,13,14);3*1H. The molecule has 0 aromatic heterocycles. The van der Waals surface area contributed by atoms with Crippen LogP contribution < -0.4 is 21.3 Å². The lowest BCUT2D eigenvalue weighted by molar-refractivity contribution is -0.120. The number of likely N-dealkylation sites (N-methyl/N-ethyl adjacent to an activating group) is 3.